The number of likely N-dealkylation sites (N-methyl/N-ethyl adjacent to an activating group) is 1. The maximum absolute atomic E-state index is 6.43. The SMILES string of the molecule is CCN1CCN(C2Cc3ccccc3C2N)CC1. The third-order valence-electron chi connectivity index (χ3n) is 4.58. The van der Waals surface area contributed by atoms with Gasteiger partial charge in [0.1, 0.15) is 0 Å². The second-order valence-corrected chi connectivity index (χ2v) is 5.47. The number of nitrogens with zero attached hydrogens (tertiary/aromatic N) is 2. The van der Waals surface area contributed by atoms with E-state index in [0.717, 1.165) is 6.42 Å². The number of rotatable bonds is 2. The molecule has 0 radical (unpaired) electrons. The molecular weight excluding hydrogens is 222 g/mol. The van der Waals surface area contributed by atoms with Crippen LogP contribution in [-0.2, 0) is 6.42 Å². The highest BCUT2D eigenvalue weighted by atomic mass is 15.3. The van der Waals surface area contributed by atoms with Gasteiger partial charge in [-0.2, -0.15) is 0 Å². The Morgan fingerprint density at radius 2 is 1.89 bits per heavy atom. The van der Waals surface area contributed by atoms with Gasteiger partial charge in [0.15, 0.2) is 0 Å². The second-order valence-electron chi connectivity index (χ2n) is 5.47. The van der Waals surface area contributed by atoms with Gasteiger partial charge in [0.2, 0.25) is 0 Å². The first-order chi connectivity index (χ1) is 8.79. The fourth-order valence-electron chi connectivity index (χ4n) is 3.37. The lowest BCUT2D eigenvalue weighted by Gasteiger charge is -2.39. The highest BCUT2D eigenvalue weighted by molar-refractivity contribution is 5.36. The van der Waals surface area contributed by atoms with Crippen LogP contribution >= 0.6 is 0 Å². The summed E-state index contributed by atoms with van der Waals surface area (Å²) in [6.45, 7) is 8.13. The molecule has 2 N–H and O–H groups in total. The average molecular weight is 245 g/mol. The molecule has 1 aliphatic heterocycles. The summed E-state index contributed by atoms with van der Waals surface area (Å²) in [4.78, 5) is 5.11. The number of hydrogen-bond acceptors (Lipinski definition) is 3. The normalized spacial score (nSPS) is 29.4. The van der Waals surface area contributed by atoms with Crippen LogP contribution in [0.2, 0.25) is 0 Å². The molecule has 0 bridgehead atoms. The summed E-state index contributed by atoms with van der Waals surface area (Å²) in [6, 6.07) is 9.38. The predicted octanol–water partition coefficient (Wildman–Crippen LogP) is 1.25. The summed E-state index contributed by atoms with van der Waals surface area (Å²) >= 11 is 0. The van der Waals surface area contributed by atoms with Crippen molar-refractivity contribution in [2.45, 2.75) is 25.4 Å². The Balaban J connectivity index is 1.69. The van der Waals surface area contributed by atoms with Crippen molar-refractivity contribution >= 4 is 0 Å². The Bertz CT molecular complexity index is 410. The highest BCUT2D eigenvalue weighted by Gasteiger charge is 2.34. The first kappa shape index (κ1) is 12.2. The van der Waals surface area contributed by atoms with Gasteiger partial charge in [0.25, 0.3) is 0 Å². The molecule has 0 spiro atoms. The zero-order valence-corrected chi connectivity index (χ0v) is 11.2. The molecule has 2 aliphatic rings. The van der Waals surface area contributed by atoms with Gasteiger partial charge in [-0.05, 0) is 24.1 Å². The molecule has 1 fully saturated rings. The zero-order chi connectivity index (χ0) is 12.5. The van der Waals surface area contributed by atoms with E-state index in [2.05, 4.69) is 41.0 Å². The summed E-state index contributed by atoms with van der Waals surface area (Å²) in [5, 5.41) is 0. The van der Waals surface area contributed by atoms with Crippen molar-refractivity contribution in [3.63, 3.8) is 0 Å². The Labute approximate surface area is 110 Å². The minimum absolute atomic E-state index is 0.203. The molecule has 2 unspecified atom stereocenters. The van der Waals surface area contributed by atoms with E-state index >= 15 is 0 Å². The summed E-state index contributed by atoms with van der Waals surface area (Å²) in [5.41, 5.74) is 9.25. The van der Waals surface area contributed by atoms with E-state index < -0.39 is 0 Å². The first-order valence-electron chi connectivity index (χ1n) is 7.09. The third kappa shape index (κ3) is 2.07. The molecule has 1 aromatic carbocycles. The minimum Gasteiger partial charge on any atom is -0.323 e. The summed E-state index contributed by atoms with van der Waals surface area (Å²) in [7, 11) is 0. The fourth-order valence-corrected chi connectivity index (χ4v) is 3.37. The minimum atomic E-state index is 0.203. The molecule has 3 heteroatoms. The zero-order valence-electron chi connectivity index (χ0n) is 11.2. The topological polar surface area (TPSA) is 32.5 Å². The summed E-state index contributed by atoms with van der Waals surface area (Å²) < 4.78 is 0. The van der Waals surface area contributed by atoms with Crippen LogP contribution in [0.5, 0.6) is 0 Å². The Kier molecular flexibility index (Phi) is 3.37. The van der Waals surface area contributed by atoms with Crippen LogP contribution in [0.1, 0.15) is 24.1 Å². The molecule has 1 aliphatic carbocycles. The third-order valence-corrected chi connectivity index (χ3v) is 4.58. The monoisotopic (exact) mass is 245 g/mol. The fraction of sp³-hybridized carbons (Fsp3) is 0.600. The van der Waals surface area contributed by atoms with Gasteiger partial charge < -0.3 is 10.6 Å². The van der Waals surface area contributed by atoms with Gasteiger partial charge >= 0.3 is 0 Å². The lowest BCUT2D eigenvalue weighted by Crippen LogP contribution is -2.52. The van der Waals surface area contributed by atoms with Crippen LogP contribution in [0.3, 0.4) is 0 Å². The molecule has 1 saturated heterocycles. The van der Waals surface area contributed by atoms with Gasteiger partial charge in [-0.25, -0.2) is 0 Å². The molecule has 2 atom stereocenters. The van der Waals surface area contributed by atoms with Crippen molar-refractivity contribution in [2.24, 2.45) is 5.73 Å². The number of fused-ring (bicyclic) bond motifs is 1. The predicted molar refractivity (Wildman–Crippen MR) is 74.5 cm³/mol. The molecule has 0 saturated carbocycles. The smallest absolute Gasteiger partial charge is 0.0459 e. The van der Waals surface area contributed by atoms with Crippen LogP contribution in [-0.4, -0.2) is 48.6 Å². The molecule has 98 valence electrons. The summed E-state index contributed by atoms with van der Waals surface area (Å²) in [5.74, 6) is 0. The van der Waals surface area contributed by atoms with Crippen molar-refractivity contribution < 1.29 is 0 Å². The van der Waals surface area contributed by atoms with Gasteiger partial charge in [-0.1, -0.05) is 31.2 Å². The van der Waals surface area contributed by atoms with Gasteiger partial charge in [0, 0.05) is 38.3 Å². The van der Waals surface area contributed by atoms with Crippen LogP contribution in [0, 0.1) is 0 Å². The van der Waals surface area contributed by atoms with E-state index in [1.54, 1.807) is 0 Å². The molecule has 0 amide bonds. The molecule has 1 aromatic rings. The van der Waals surface area contributed by atoms with E-state index in [-0.39, 0.29) is 6.04 Å². The molecule has 3 nitrogen and oxygen atoms in total. The van der Waals surface area contributed by atoms with E-state index in [1.165, 1.54) is 43.9 Å². The van der Waals surface area contributed by atoms with Crippen LogP contribution < -0.4 is 5.73 Å². The Morgan fingerprint density at radius 1 is 1.17 bits per heavy atom. The number of benzene rings is 1. The van der Waals surface area contributed by atoms with Crippen molar-refractivity contribution in [1.29, 1.82) is 0 Å². The van der Waals surface area contributed by atoms with Crippen molar-refractivity contribution in [3.05, 3.63) is 35.4 Å². The van der Waals surface area contributed by atoms with Gasteiger partial charge in [-0.3, -0.25) is 4.90 Å². The first-order valence-corrected chi connectivity index (χ1v) is 7.09. The molecule has 0 aromatic heterocycles. The highest BCUT2D eigenvalue weighted by Crippen LogP contribution is 2.32. The van der Waals surface area contributed by atoms with Crippen molar-refractivity contribution in [3.8, 4) is 0 Å². The van der Waals surface area contributed by atoms with Crippen LogP contribution in [0.15, 0.2) is 24.3 Å². The Hall–Kier alpha value is -0.900. The van der Waals surface area contributed by atoms with E-state index in [4.69, 9.17) is 5.73 Å². The van der Waals surface area contributed by atoms with Gasteiger partial charge in [-0.15, -0.1) is 0 Å². The molecular formula is C15H23N3. The van der Waals surface area contributed by atoms with Crippen molar-refractivity contribution in [1.82, 2.24) is 9.80 Å². The molecule has 1 heterocycles. The van der Waals surface area contributed by atoms with E-state index in [9.17, 15) is 0 Å². The lowest BCUT2D eigenvalue weighted by molar-refractivity contribution is 0.0925. The average Bonchev–Trinajstić information content (AvgIpc) is 2.77. The second kappa shape index (κ2) is 5.00. The van der Waals surface area contributed by atoms with E-state index in [0.29, 0.717) is 6.04 Å². The quantitative estimate of drug-likeness (QED) is 0.851. The maximum atomic E-state index is 6.43. The number of nitrogens with two attached hydrogens (primary N) is 1. The molecule has 3 rings (SSSR count). The van der Waals surface area contributed by atoms with Crippen LogP contribution in [0.4, 0.5) is 0 Å². The van der Waals surface area contributed by atoms with Crippen molar-refractivity contribution in [2.75, 3.05) is 32.7 Å². The van der Waals surface area contributed by atoms with Crippen LogP contribution in [0.25, 0.3) is 0 Å². The summed E-state index contributed by atoms with van der Waals surface area (Å²) in [6.07, 6.45) is 1.13. The number of piperazine rings is 1. The Morgan fingerprint density at radius 3 is 2.56 bits per heavy atom. The van der Waals surface area contributed by atoms with Gasteiger partial charge in [0.05, 0.1) is 0 Å². The lowest BCUT2D eigenvalue weighted by atomic mass is 10.1. The van der Waals surface area contributed by atoms with E-state index in [1.807, 2.05) is 0 Å². The largest absolute Gasteiger partial charge is 0.323 e. The standard InChI is InChI=1S/C15H23N3/c1-2-17-7-9-18(10-8-17)14-11-12-5-3-4-6-13(12)15(14)16/h3-6,14-15H,2,7-11,16H2,1H3. The molecule has 18 heavy (non-hydrogen) atoms. The number of hydrogen-bond donors (Lipinski definition) is 1. The maximum Gasteiger partial charge on any atom is 0.0459 e.